The number of allylic oxidation sites excluding steroid dienone is 8. The van der Waals surface area contributed by atoms with Crippen molar-refractivity contribution in [1.82, 2.24) is 5.32 Å². The van der Waals surface area contributed by atoms with Crippen LogP contribution in [0.2, 0.25) is 0 Å². The number of carbonyl (C=O) groups excluding carboxylic acids is 2. The summed E-state index contributed by atoms with van der Waals surface area (Å²) >= 11 is 0. The first-order valence-corrected chi connectivity index (χ1v) is 25.4. The maximum absolute atomic E-state index is 13.2. The zero-order valence-electron chi connectivity index (χ0n) is 39.1. The lowest BCUT2D eigenvalue weighted by Crippen LogP contribution is -2.46. The van der Waals surface area contributed by atoms with Crippen molar-refractivity contribution < 1.29 is 24.5 Å². The number of ether oxygens (including phenoxy) is 1. The van der Waals surface area contributed by atoms with Crippen LogP contribution in [0.3, 0.4) is 0 Å². The molecule has 0 aliphatic carbocycles. The van der Waals surface area contributed by atoms with Gasteiger partial charge < -0.3 is 20.3 Å². The highest BCUT2D eigenvalue weighted by molar-refractivity contribution is 5.77. The molecule has 0 bridgehead atoms. The summed E-state index contributed by atoms with van der Waals surface area (Å²) in [6.45, 7) is 6.33. The fraction of sp³-hybridized carbons (Fsp3) is 0.811. The molecule has 0 aliphatic heterocycles. The Hall–Kier alpha value is -2.18. The third-order valence-electron chi connectivity index (χ3n) is 11.5. The Morgan fingerprint density at radius 3 is 1.42 bits per heavy atom. The third-order valence-corrected chi connectivity index (χ3v) is 11.5. The molecular formula is C53H97NO5. The maximum Gasteiger partial charge on any atom is 0.306 e. The van der Waals surface area contributed by atoms with Crippen molar-refractivity contribution in [2.75, 3.05) is 6.61 Å². The van der Waals surface area contributed by atoms with E-state index < -0.39 is 18.2 Å². The molecule has 59 heavy (non-hydrogen) atoms. The molecule has 0 fully saturated rings. The van der Waals surface area contributed by atoms with Gasteiger partial charge in [0, 0.05) is 6.42 Å². The first-order valence-electron chi connectivity index (χ1n) is 25.4. The smallest absolute Gasteiger partial charge is 0.306 e. The zero-order chi connectivity index (χ0) is 43.1. The van der Waals surface area contributed by atoms with E-state index in [0.29, 0.717) is 19.3 Å². The molecule has 0 rings (SSSR count). The molecule has 1 amide bonds. The summed E-state index contributed by atoms with van der Waals surface area (Å²) in [5.41, 5.74) is 0. The van der Waals surface area contributed by atoms with Gasteiger partial charge in [0.15, 0.2) is 0 Å². The Morgan fingerprint density at radius 2 is 0.932 bits per heavy atom. The van der Waals surface area contributed by atoms with E-state index in [1.54, 1.807) is 0 Å². The van der Waals surface area contributed by atoms with Crippen LogP contribution in [-0.4, -0.2) is 46.9 Å². The molecule has 3 atom stereocenters. The van der Waals surface area contributed by atoms with Gasteiger partial charge >= 0.3 is 5.97 Å². The van der Waals surface area contributed by atoms with Crippen LogP contribution in [0.15, 0.2) is 48.6 Å². The molecule has 0 aliphatic rings. The van der Waals surface area contributed by atoms with Crippen LogP contribution in [0.5, 0.6) is 0 Å². The molecule has 344 valence electrons. The second-order valence-corrected chi connectivity index (χ2v) is 17.2. The summed E-state index contributed by atoms with van der Waals surface area (Å²) in [6.07, 6.45) is 56.1. The Kier molecular flexibility index (Phi) is 45.1. The van der Waals surface area contributed by atoms with Crippen molar-refractivity contribution in [3.8, 4) is 0 Å². The molecule has 6 nitrogen and oxygen atoms in total. The van der Waals surface area contributed by atoms with E-state index in [0.717, 1.165) is 89.9 Å². The van der Waals surface area contributed by atoms with E-state index in [9.17, 15) is 19.8 Å². The molecule has 0 radical (unpaired) electrons. The van der Waals surface area contributed by atoms with Crippen molar-refractivity contribution in [2.45, 2.75) is 270 Å². The van der Waals surface area contributed by atoms with E-state index in [4.69, 9.17) is 4.74 Å². The average molecular weight is 828 g/mol. The Bertz CT molecular complexity index is 1020. The van der Waals surface area contributed by atoms with Crippen molar-refractivity contribution in [2.24, 2.45) is 0 Å². The molecule has 6 heteroatoms. The van der Waals surface area contributed by atoms with E-state index in [1.807, 2.05) is 0 Å². The summed E-state index contributed by atoms with van der Waals surface area (Å²) < 4.78 is 5.92. The molecule has 0 saturated heterocycles. The molecule has 0 saturated carbocycles. The van der Waals surface area contributed by atoms with E-state index in [2.05, 4.69) is 74.7 Å². The number of hydrogen-bond donors (Lipinski definition) is 3. The van der Waals surface area contributed by atoms with Gasteiger partial charge in [-0.25, -0.2) is 0 Å². The lowest BCUT2D eigenvalue weighted by Gasteiger charge is -2.24. The third kappa shape index (κ3) is 42.3. The summed E-state index contributed by atoms with van der Waals surface area (Å²) in [5.74, 6) is -0.501. The zero-order valence-corrected chi connectivity index (χ0v) is 39.1. The normalized spacial score (nSPS) is 13.6. The minimum atomic E-state index is -0.793. The highest BCUT2D eigenvalue weighted by atomic mass is 16.5. The van der Waals surface area contributed by atoms with Gasteiger partial charge in [-0.2, -0.15) is 0 Å². The lowest BCUT2D eigenvalue weighted by atomic mass is 10.0. The molecular weight excluding hydrogens is 731 g/mol. The van der Waals surface area contributed by atoms with E-state index in [1.165, 1.54) is 116 Å². The Balaban J connectivity index is 4.56. The first kappa shape index (κ1) is 56.8. The van der Waals surface area contributed by atoms with E-state index in [-0.39, 0.29) is 24.9 Å². The number of aliphatic hydroxyl groups excluding tert-OH is 2. The molecule has 0 aromatic heterocycles. The number of esters is 1. The Labute approximate surface area is 366 Å². The first-order chi connectivity index (χ1) is 29.0. The quantitative estimate of drug-likeness (QED) is 0.0246. The fourth-order valence-corrected chi connectivity index (χ4v) is 7.60. The van der Waals surface area contributed by atoms with Gasteiger partial charge in [-0.15, -0.1) is 0 Å². The predicted molar refractivity (Wildman–Crippen MR) is 255 cm³/mol. The van der Waals surface area contributed by atoms with Crippen LogP contribution >= 0.6 is 0 Å². The molecule has 3 unspecified atom stereocenters. The monoisotopic (exact) mass is 828 g/mol. The second kappa shape index (κ2) is 46.9. The van der Waals surface area contributed by atoms with Crippen LogP contribution in [0.4, 0.5) is 0 Å². The van der Waals surface area contributed by atoms with Crippen LogP contribution in [-0.2, 0) is 14.3 Å². The number of unbranched alkanes of at least 4 members (excludes halogenated alkanes) is 27. The molecule has 0 aromatic rings. The predicted octanol–water partition coefficient (Wildman–Crippen LogP) is 15.1. The van der Waals surface area contributed by atoms with Gasteiger partial charge in [0.25, 0.3) is 0 Å². The number of nitrogens with one attached hydrogen (secondary N) is 1. The molecule has 0 aromatic carbocycles. The standard InChI is InChI=1S/C53H97NO5/c1-4-7-10-13-16-19-21-23-24-25-26-27-29-31-34-37-40-43-46-53(58)59-49(44-41-38-35-33-30-28-22-20-17-14-11-8-5-2)47-52(57)54-50(48-55)51(56)45-42-39-36-32-18-15-12-9-6-3/h8,11,14,17,20,22,26-27,49-51,55-56H,4-7,9-10,12-13,15-16,18-19,21,23-25,28-48H2,1-3H3,(H,54,57)/b11-8+,17-14+,22-20+,27-26+. The summed E-state index contributed by atoms with van der Waals surface area (Å²) in [7, 11) is 0. The number of hydrogen-bond acceptors (Lipinski definition) is 5. The van der Waals surface area contributed by atoms with Gasteiger partial charge in [-0.3, -0.25) is 9.59 Å². The SMILES string of the molecule is CC/C=C/C=C/C=C/CCCCCCCC(CC(=O)NC(CO)C(O)CCCCCCCCCCC)OC(=O)CCCCCCC/C=C/CCCCCCCCCCC. The lowest BCUT2D eigenvalue weighted by molar-refractivity contribution is -0.151. The van der Waals surface area contributed by atoms with Crippen molar-refractivity contribution in [3.63, 3.8) is 0 Å². The fourth-order valence-electron chi connectivity index (χ4n) is 7.60. The van der Waals surface area contributed by atoms with Gasteiger partial charge in [0.2, 0.25) is 5.91 Å². The number of aliphatic hydroxyl groups is 2. The number of rotatable bonds is 45. The number of carbonyl (C=O) groups is 2. The van der Waals surface area contributed by atoms with Gasteiger partial charge in [0.05, 0.1) is 25.2 Å². The largest absolute Gasteiger partial charge is 0.462 e. The molecule has 0 spiro atoms. The highest BCUT2D eigenvalue weighted by Gasteiger charge is 2.24. The van der Waals surface area contributed by atoms with Crippen molar-refractivity contribution in [1.29, 1.82) is 0 Å². The Morgan fingerprint density at radius 1 is 0.508 bits per heavy atom. The highest BCUT2D eigenvalue weighted by Crippen LogP contribution is 2.17. The maximum atomic E-state index is 13.2. The van der Waals surface area contributed by atoms with Gasteiger partial charge in [0.1, 0.15) is 6.10 Å². The molecule has 3 N–H and O–H groups in total. The minimum Gasteiger partial charge on any atom is -0.462 e. The van der Waals surface area contributed by atoms with Crippen LogP contribution in [0.25, 0.3) is 0 Å². The van der Waals surface area contributed by atoms with Crippen molar-refractivity contribution >= 4 is 11.9 Å². The van der Waals surface area contributed by atoms with Crippen LogP contribution in [0, 0.1) is 0 Å². The molecule has 0 heterocycles. The average Bonchev–Trinajstić information content (AvgIpc) is 3.23. The topological polar surface area (TPSA) is 95.9 Å². The summed E-state index contributed by atoms with van der Waals surface area (Å²) in [6, 6.07) is -0.708. The summed E-state index contributed by atoms with van der Waals surface area (Å²) in [5, 5.41) is 23.6. The van der Waals surface area contributed by atoms with E-state index >= 15 is 0 Å². The van der Waals surface area contributed by atoms with Gasteiger partial charge in [-0.05, 0) is 70.6 Å². The second-order valence-electron chi connectivity index (χ2n) is 17.2. The summed E-state index contributed by atoms with van der Waals surface area (Å²) in [4.78, 5) is 26.1. The number of amides is 1. The van der Waals surface area contributed by atoms with Crippen LogP contribution in [0.1, 0.15) is 252 Å². The van der Waals surface area contributed by atoms with Crippen LogP contribution < -0.4 is 5.32 Å². The van der Waals surface area contributed by atoms with Gasteiger partial charge in [-0.1, -0.05) is 217 Å². The minimum absolute atomic E-state index is 0.0609. The van der Waals surface area contributed by atoms with Crippen molar-refractivity contribution in [3.05, 3.63) is 48.6 Å².